The van der Waals surface area contributed by atoms with Crippen LogP contribution in [0.4, 0.5) is 28.4 Å². The maximum absolute atomic E-state index is 6.81. The Balaban J connectivity index is 1.48. The SMILES string of the molecule is CC(C)(C)c1cc(N2c3cc(C(C)(C)C)ccc3B3c4c2cc2oc5ccccc5c2c4-c2ccccc2N3c2ccccc2)cc(C(C)(C)C)c1. The summed E-state index contributed by atoms with van der Waals surface area (Å²) in [6.07, 6.45) is 0. The van der Waals surface area contributed by atoms with E-state index < -0.39 is 0 Å². The van der Waals surface area contributed by atoms with Crippen molar-refractivity contribution < 1.29 is 4.42 Å². The lowest BCUT2D eigenvalue weighted by molar-refractivity contribution is 0.569. The highest BCUT2D eigenvalue weighted by molar-refractivity contribution is 6.94. The van der Waals surface area contributed by atoms with Crippen molar-refractivity contribution in [2.45, 2.75) is 78.6 Å². The van der Waals surface area contributed by atoms with Gasteiger partial charge in [0.05, 0.1) is 0 Å². The van der Waals surface area contributed by atoms with Gasteiger partial charge in [0.2, 0.25) is 0 Å². The topological polar surface area (TPSA) is 19.6 Å². The summed E-state index contributed by atoms with van der Waals surface area (Å²) in [6, 6.07) is 45.3. The van der Waals surface area contributed by atoms with E-state index in [2.05, 4.69) is 193 Å². The highest BCUT2D eigenvalue weighted by Gasteiger charge is 2.46. The monoisotopic (exact) mass is 678 g/mol. The number of benzene rings is 6. The predicted molar refractivity (Wildman–Crippen MR) is 224 cm³/mol. The Morgan fingerprint density at radius 3 is 1.83 bits per heavy atom. The molecule has 3 heterocycles. The molecule has 2 aliphatic heterocycles. The number of anilines is 5. The summed E-state index contributed by atoms with van der Waals surface area (Å²) in [5.41, 5.74) is 16.8. The molecule has 0 atom stereocenters. The Hall–Kier alpha value is -5.22. The van der Waals surface area contributed by atoms with Crippen molar-refractivity contribution in [1.82, 2.24) is 0 Å². The molecule has 0 saturated carbocycles. The molecule has 0 unspecified atom stereocenters. The van der Waals surface area contributed by atoms with Gasteiger partial charge in [-0.1, -0.05) is 135 Å². The molecule has 0 fully saturated rings. The largest absolute Gasteiger partial charge is 0.456 e. The van der Waals surface area contributed by atoms with Gasteiger partial charge in [0.25, 0.3) is 0 Å². The molecular formula is C48H47BN2O. The first kappa shape index (κ1) is 32.7. The van der Waals surface area contributed by atoms with Crippen LogP contribution >= 0.6 is 0 Å². The van der Waals surface area contributed by atoms with Gasteiger partial charge in [-0.05, 0) is 91.9 Å². The summed E-state index contributed by atoms with van der Waals surface area (Å²) in [4.78, 5) is 5.14. The molecule has 0 amide bonds. The van der Waals surface area contributed by atoms with Crippen LogP contribution in [0.5, 0.6) is 0 Å². The van der Waals surface area contributed by atoms with Gasteiger partial charge in [-0.25, -0.2) is 0 Å². The fraction of sp³-hybridized carbons (Fsp3) is 0.250. The number of fused-ring (bicyclic) bond motifs is 8. The summed E-state index contributed by atoms with van der Waals surface area (Å²) < 4.78 is 6.81. The summed E-state index contributed by atoms with van der Waals surface area (Å²) in [6.45, 7) is 20.8. The summed E-state index contributed by atoms with van der Waals surface area (Å²) >= 11 is 0. The average molecular weight is 679 g/mol. The smallest absolute Gasteiger partial charge is 0.333 e. The first-order valence-electron chi connectivity index (χ1n) is 18.7. The van der Waals surface area contributed by atoms with Crippen molar-refractivity contribution in [3.05, 3.63) is 138 Å². The molecule has 6 aromatic carbocycles. The van der Waals surface area contributed by atoms with Crippen molar-refractivity contribution in [3.63, 3.8) is 0 Å². The quantitative estimate of drug-likeness (QED) is 0.170. The third kappa shape index (κ3) is 4.94. The van der Waals surface area contributed by atoms with Gasteiger partial charge in [0, 0.05) is 50.8 Å². The summed E-state index contributed by atoms with van der Waals surface area (Å²) in [5, 5.41) is 2.34. The molecule has 0 bridgehead atoms. The van der Waals surface area contributed by atoms with Crippen LogP contribution in [0.25, 0.3) is 33.1 Å². The van der Waals surface area contributed by atoms with Gasteiger partial charge in [0.15, 0.2) is 0 Å². The van der Waals surface area contributed by atoms with E-state index >= 15 is 0 Å². The second-order valence-corrected chi connectivity index (χ2v) is 17.9. The van der Waals surface area contributed by atoms with E-state index in [-0.39, 0.29) is 23.1 Å². The molecule has 52 heavy (non-hydrogen) atoms. The zero-order chi connectivity index (χ0) is 36.3. The normalized spacial score (nSPS) is 14.1. The lowest BCUT2D eigenvalue weighted by Crippen LogP contribution is -2.61. The van der Waals surface area contributed by atoms with E-state index in [0.29, 0.717) is 0 Å². The molecule has 0 aliphatic carbocycles. The van der Waals surface area contributed by atoms with Crippen LogP contribution < -0.4 is 20.6 Å². The third-order valence-electron chi connectivity index (χ3n) is 11.3. The highest BCUT2D eigenvalue weighted by Crippen LogP contribution is 2.51. The zero-order valence-corrected chi connectivity index (χ0v) is 31.9. The van der Waals surface area contributed by atoms with E-state index in [1.165, 1.54) is 72.6 Å². The lowest BCUT2D eigenvalue weighted by Gasteiger charge is -2.46. The Morgan fingerprint density at radius 2 is 1.13 bits per heavy atom. The fourth-order valence-electron chi connectivity index (χ4n) is 8.41. The van der Waals surface area contributed by atoms with Gasteiger partial charge >= 0.3 is 6.85 Å². The van der Waals surface area contributed by atoms with Gasteiger partial charge in [-0.2, -0.15) is 0 Å². The first-order valence-corrected chi connectivity index (χ1v) is 18.7. The van der Waals surface area contributed by atoms with Gasteiger partial charge in [-0.15, -0.1) is 0 Å². The predicted octanol–water partition coefficient (Wildman–Crippen LogP) is 12.2. The molecule has 258 valence electrons. The maximum atomic E-state index is 6.81. The summed E-state index contributed by atoms with van der Waals surface area (Å²) in [5.74, 6) is 0. The van der Waals surface area contributed by atoms with E-state index in [1.54, 1.807) is 0 Å². The van der Waals surface area contributed by atoms with Crippen molar-refractivity contribution in [2.75, 3.05) is 9.71 Å². The molecule has 3 nitrogen and oxygen atoms in total. The van der Waals surface area contributed by atoms with E-state index in [0.717, 1.165) is 16.6 Å². The van der Waals surface area contributed by atoms with Crippen molar-refractivity contribution in [1.29, 1.82) is 0 Å². The minimum atomic E-state index is -0.0616. The zero-order valence-electron chi connectivity index (χ0n) is 31.9. The van der Waals surface area contributed by atoms with Crippen LogP contribution in [0.2, 0.25) is 0 Å². The van der Waals surface area contributed by atoms with Crippen LogP contribution in [0.15, 0.2) is 126 Å². The number of rotatable bonds is 2. The Bertz CT molecular complexity index is 2510. The minimum Gasteiger partial charge on any atom is -0.456 e. The molecule has 0 saturated heterocycles. The number of furan rings is 1. The molecule has 7 aromatic rings. The van der Waals surface area contributed by atoms with Crippen LogP contribution in [0.3, 0.4) is 0 Å². The number of para-hydroxylation sites is 3. The highest BCUT2D eigenvalue weighted by atomic mass is 16.3. The molecular weight excluding hydrogens is 631 g/mol. The van der Waals surface area contributed by atoms with Crippen molar-refractivity contribution >= 4 is 68.1 Å². The minimum absolute atomic E-state index is 0.0308. The molecule has 9 rings (SSSR count). The van der Waals surface area contributed by atoms with E-state index in [1.807, 2.05) is 0 Å². The van der Waals surface area contributed by atoms with Crippen LogP contribution in [-0.4, -0.2) is 6.85 Å². The Kier molecular flexibility index (Phi) is 7.00. The van der Waals surface area contributed by atoms with Crippen molar-refractivity contribution in [3.8, 4) is 11.1 Å². The third-order valence-corrected chi connectivity index (χ3v) is 11.3. The molecule has 0 N–H and O–H groups in total. The standard InChI is InChI=1S/C48H47BN2O/c1-46(2,3)30-23-24-37-39(28-30)50(34-26-31(47(4,5)6)25-32(27-34)48(7,8)9)40-29-42-43(36-20-14-16-22-41(36)52-42)44-35-19-13-15-21-38(35)51(49(37)45(40)44)33-17-11-10-12-18-33/h10-29H,1-9H3. The van der Waals surface area contributed by atoms with Crippen LogP contribution in [0, 0.1) is 0 Å². The molecule has 2 aliphatic rings. The van der Waals surface area contributed by atoms with Crippen molar-refractivity contribution in [2.24, 2.45) is 0 Å². The second kappa shape index (κ2) is 11.1. The fourth-order valence-corrected chi connectivity index (χ4v) is 8.41. The Morgan fingerprint density at radius 1 is 0.500 bits per heavy atom. The second-order valence-electron chi connectivity index (χ2n) is 17.9. The summed E-state index contributed by atoms with van der Waals surface area (Å²) in [7, 11) is 0. The van der Waals surface area contributed by atoms with Crippen LogP contribution in [-0.2, 0) is 16.2 Å². The number of hydrogen-bond donors (Lipinski definition) is 0. The average Bonchev–Trinajstić information content (AvgIpc) is 3.48. The van der Waals surface area contributed by atoms with E-state index in [9.17, 15) is 0 Å². The first-order chi connectivity index (χ1) is 24.7. The number of hydrogen-bond acceptors (Lipinski definition) is 3. The molecule has 1 aromatic heterocycles. The number of nitrogens with zero attached hydrogens (tertiary/aromatic N) is 2. The lowest BCUT2D eigenvalue weighted by atomic mass is 9.43. The van der Waals surface area contributed by atoms with Crippen LogP contribution in [0.1, 0.15) is 79.0 Å². The van der Waals surface area contributed by atoms with Gasteiger partial charge in [-0.3, -0.25) is 0 Å². The Labute approximate surface area is 309 Å². The molecule has 4 heteroatoms. The van der Waals surface area contributed by atoms with Gasteiger partial charge < -0.3 is 14.1 Å². The van der Waals surface area contributed by atoms with E-state index in [4.69, 9.17) is 4.42 Å². The maximum Gasteiger partial charge on any atom is 0.333 e. The van der Waals surface area contributed by atoms with Gasteiger partial charge in [0.1, 0.15) is 11.2 Å². The molecule has 0 spiro atoms. The molecule has 0 radical (unpaired) electrons.